The zero-order valence-electron chi connectivity index (χ0n) is 15.7. The van der Waals surface area contributed by atoms with Crippen LogP contribution >= 0.6 is 0 Å². The maximum atomic E-state index is 12.8. The Morgan fingerprint density at radius 3 is 2.10 bits per heavy atom. The van der Waals surface area contributed by atoms with Crippen molar-refractivity contribution in [3.8, 4) is 0 Å². The van der Waals surface area contributed by atoms with Gasteiger partial charge in [0, 0.05) is 19.2 Å². The first-order valence-electron chi connectivity index (χ1n) is 8.99. The number of anilines is 1. The molecule has 0 saturated carbocycles. The third-order valence-corrected chi connectivity index (χ3v) is 7.97. The molecule has 0 aliphatic carbocycles. The molecule has 0 unspecified atom stereocenters. The highest BCUT2D eigenvalue weighted by atomic mass is 32.2. The molecule has 29 heavy (non-hydrogen) atoms. The van der Waals surface area contributed by atoms with Gasteiger partial charge in [0.1, 0.15) is 5.69 Å². The molecule has 9 nitrogen and oxygen atoms in total. The molecule has 2 aromatic rings. The maximum Gasteiger partial charge on any atom is 0.294 e. The van der Waals surface area contributed by atoms with Crippen LogP contribution in [-0.4, -0.2) is 39.2 Å². The second-order valence-corrected chi connectivity index (χ2v) is 10.4. The number of piperidine rings is 1. The SMILES string of the molecule is Cc1ccc(S(=O)(=O)Nc2ccc(S(=O)(=O)N3CCCCC3)cc2[N+](=O)[O-])cc1. The first-order chi connectivity index (χ1) is 13.6. The Bertz CT molecular complexity index is 1120. The third kappa shape index (κ3) is 4.57. The Kier molecular flexibility index (Phi) is 5.92. The van der Waals surface area contributed by atoms with Crippen LogP contribution in [0.2, 0.25) is 0 Å². The molecule has 0 bridgehead atoms. The lowest BCUT2D eigenvalue weighted by Crippen LogP contribution is -2.35. The molecule has 1 aliphatic heterocycles. The van der Waals surface area contributed by atoms with Crippen molar-refractivity contribution >= 4 is 31.4 Å². The van der Waals surface area contributed by atoms with Crippen molar-refractivity contribution in [2.24, 2.45) is 0 Å². The fraction of sp³-hybridized carbons (Fsp3) is 0.333. The molecule has 1 aliphatic rings. The third-order valence-electron chi connectivity index (χ3n) is 4.69. The van der Waals surface area contributed by atoms with Gasteiger partial charge < -0.3 is 0 Å². The minimum absolute atomic E-state index is 0.0533. The molecule has 2 aromatic carbocycles. The van der Waals surface area contributed by atoms with Crippen molar-refractivity contribution in [1.82, 2.24) is 4.31 Å². The first-order valence-corrected chi connectivity index (χ1v) is 11.9. The lowest BCUT2D eigenvalue weighted by atomic mass is 10.2. The topological polar surface area (TPSA) is 127 Å². The Morgan fingerprint density at radius 1 is 0.931 bits per heavy atom. The molecular formula is C18H21N3O6S2. The van der Waals surface area contributed by atoms with Crippen molar-refractivity contribution in [3.63, 3.8) is 0 Å². The summed E-state index contributed by atoms with van der Waals surface area (Å²) in [6.07, 6.45) is 2.40. The minimum atomic E-state index is -4.07. The van der Waals surface area contributed by atoms with E-state index >= 15 is 0 Å². The lowest BCUT2D eigenvalue weighted by Gasteiger charge is -2.25. The van der Waals surface area contributed by atoms with E-state index in [4.69, 9.17) is 0 Å². The highest BCUT2D eigenvalue weighted by Crippen LogP contribution is 2.31. The van der Waals surface area contributed by atoms with Crippen molar-refractivity contribution in [1.29, 1.82) is 0 Å². The van der Waals surface area contributed by atoms with Crippen molar-refractivity contribution in [2.75, 3.05) is 17.8 Å². The van der Waals surface area contributed by atoms with Gasteiger partial charge >= 0.3 is 0 Å². The molecule has 11 heteroatoms. The smallest absolute Gasteiger partial charge is 0.273 e. The number of aryl methyl sites for hydroxylation is 1. The zero-order valence-corrected chi connectivity index (χ0v) is 17.4. The summed E-state index contributed by atoms with van der Waals surface area (Å²) >= 11 is 0. The molecule has 1 N–H and O–H groups in total. The van der Waals surface area contributed by atoms with E-state index in [0.717, 1.165) is 37.0 Å². The van der Waals surface area contributed by atoms with Gasteiger partial charge in [-0.1, -0.05) is 24.1 Å². The first kappa shape index (κ1) is 21.2. The average molecular weight is 440 g/mol. The van der Waals surface area contributed by atoms with Gasteiger partial charge in [-0.25, -0.2) is 16.8 Å². The van der Waals surface area contributed by atoms with Gasteiger partial charge in [-0.05, 0) is 44.0 Å². The van der Waals surface area contributed by atoms with Crippen LogP contribution in [0.15, 0.2) is 52.3 Å². The maximum absolute atomic E-state index is 12.8. The van der Waals surface area contributed by atoms with E-state index in [2.05, 4.69) is 4.72 Å². The molecular weight excluding hydrogens is 418 g/mol. The number of hydrogen-bond acceptors (Lipinski definition) is 6. The van der Waals surface area contributed by atoms with Crippen LogP contribution in [0.3, 0.4) is 0 Å². The second kappa shape index (κ2) is 8.09. The quantitative estimate of drug-likeness (QED) is 0.545. The zero-order chi connectivity index (χ0) is 21.2. The fourth-order valence-corrected chi connectivity index (χ4v) is 5.70. The number of benzene rings is 2. The predicted molar refractivity (Wildman–Crippen MR) is 108 cm³/mol. The summed E-state index contributed by atoms with van der Waals surface area (Å²) in [5.41, 5.74) is -0.0610. The van der Waals surface area contributed by atoms with Crippen LogP contribution in [0, 0.1) is 17.0 Å². The standard InChI is InChI=1S/C18H21N3O6S2/c1-14-5-7-15(8-6-14)28(24,25)19-17-10-9-16(13-18(17)21(22)23)29(26,27)20-11-3-2-4-12-20/h5-10,13,19H,2-4,11-12H2,1H3. The normalized spacial score (nSPS) is 15.8. The van der Waals surface area contributed by atoms with Crippen molar-refractivity contribution < 1.29 is 21.8 Å². The highest BCUT2D eigenvalue weighted by Gasteiger charge is 2.29. The van der Waals surface area contributed by atoms with Crippen LogP contribution in [0.25, 0.3) is 0 Å². The summed E-state index contributed by atoms with van der Waals surface area (Å²) in [6.45, 7) is 2.52. The van der Waals surface area contributed by atoms with E-state index in [9.17, 15) is 26.9 Å². The van der Waals surface area contributed by atoms with Gasteiger partial charge in [0.15, 0.2) is 0 Å². The molecule has 0 amide bonds. The van der Waals surface area contributed by atoms with E-state index in [1.807, 2.05) is 0 Å². The number of nitro groups is 1. The molecule has 1 heterocycles. The van der Waals surface area contributed by atoms with Crippen LogP contribution < -0.4 is 4.72 Å². The van der Waals surface area contributed by atoms with E-state index in [1.165, 1.54) is 22.5 Å². The summed E-state index contributed by atoms with van der Waals surface area (Å²) in [4.78, 5) is 10.4. The van der Waals surface area contributed by atoms with Gasteiger partial charge in [-0.3, -0.25) is 14.8 Å². The largest absolute Gasteiger partial charge is 0.294 e. The Morgan fingerprint density at radius 2 is 1.52 bits per heavy atom. The average Bonchev–Trinajstić information content (AvgIpc) is 2.68. The van der Waals surface area contributed by atoms with E-state index < -0.39 is 30.7 Å². The number of hydrogen-bond donors (Lipinski definition) is 1. The van der Waals surface area contributed by atoms with Crippen molar-refractivity contribution in [2.45, 2.75) is 36.0 Å². The molecule has 0 spiro atoms. The van der Waals surface area contributed by atoms with E-state index in [0.29, 0.717) is 13.1 Å². The summed E-state index contributed by atoms with van der Waals surface area (Å²) in [5.74, 6) is 0. The minimum Gasteiger partial charge on any atom is -0.273 e. The molecule has 0 aromatic heterocycles. The number of nitro benzene ring substituents is 1. The molecule has 0 atom stereocenters. The molecule has 1 saturated heterocycles. The summed E-state index contributed by atoms with van der Waals surface area (Å²) < 4.78 is 54.1. The van der Waals surface area contributed by atoms with Gasteiger partial charge in [-0.15, -0.1) is 0 Å². The molecule has 156 valence electrons. The van der Waals surface area contributed by atoms with Gasteiger partial charge in [0.05, 0.1) is 14.7 Å². The second-order valence-electron chi connectivity index (χ2n) is 6.82. The van der Waals surface area contributed by atoms with Crippen LogP contribution in [0.5, 0.6) is 0 Å². The Balaban J connectivity index is 1.96. The lowest BCUT2D eigenvalue weighted by molar-refractivity contribution is -0.384. The van der Waals surface area contributed by atoms with E-state index in [-0.39, 0.29) is 15.5 Å². The van der Waals surface area contributed by atoms with Gasteiger partial charge in [0.2, 0.25) is 10.0 Å². The van der Waals surface area contributed by atoms with E-state index in [1.54, 1.807) is 19.1 Å². The van der Waals surface area contributed by atoms with Crippen LogP contribution in [0.4, 0.5) is 11.4 Å². The van der Waals surface area contributed by atoms with Gasteiger partial charge in [0.25, 0.3) is 15.7 Å². The molecule has 0 radical (unpaired) electrons. The molecule has 3 rings (SSSR count). The Hall–Kier alpha value is -2.50. The van der Waals surface area contributed by atoms with Crippen LogP contribution in [0.1, 0.15) is 24.8 Å². The predicted octanol–water partition coefficient (Wildman–Crippen LogP) is 2.88. The summed E-state index contributed by atoms with van der Waals surface area (Å²) in [5, 5.41) is 11.5. The summed E-state index contributed by atoms with van der Waals surface area (Å²) in [6, 6.07) is 9.19. The van der Waals surface area contributed by atoms with Crippen LogP contribution in [-0.2, 0) is 20.0 Å². The van der Waals surface area contributed by atoms with Gasteiger partial charge in [-0.2, -0.15) is 4.31 Å². The van der Waals surface area contributed by atoms with Crippen molar-refractivity contribution in [3.05, 3.63) is 58.1 Å². The number of nitrogens with zero attached hydrogens (tertiary/aromatic N) is 2. The fourth-order valence-electron chi connectivity index (χ4n) is 3.08. The monoisotopic (exact) mass is 439 g/mol. The number of rotatable bonds is 6. The Labute approximate surface area is 169 Å². The number of sulfonamides is 2. The summed E-state index contributed by atoms with van der Waals surface area (Å²) in [7, 11) is -7.95. The molecule has 1 fully saturated rings. The number of nitrogens with one attached hydrogen (secondary N) is 1. The highest BCUT2D eigenvalue weighted by molar-refractivity contribution is 7.92.